The number of benzene rings is 1. The van der Waals surface area contributed by atoms with Gasteiger partial charge >= 0.3 is 5.97 Å². The van der Waals surface area contributed by atoms with Gasteiger partial charge < -0.3 is 15.7 Å². The molecule has 0 aliphatic carbocycles. The third-order valence-electron chi connectivity index (χ3n) is 2.90. The second kappa shape index (κ2) is 6.76. The molecule has 106 valence electrons. The molecule has 1 aromatic carbocycles. The average molecular weight is 355 g/mol. The van der Waals surface area contributed by atoms with Crippen molar-refractivity contribution >= 4 is 44.6 Å². The van der Waals surface area contributed by atoms with E-state index >= 15 is 0 Å². The molecule has 2 aromatic rings. The fraction of sp³-hybridized carbons (Fsp3) is 0.214. The normalized spacial score (nSPS) is 10.4. The molecule has 0 saturated carbocycles. The van der Waals surface area contributed by atoms with Crippen LogP contribution >= 0.6 is 27.3 Å². The number of rotatable bonds is 6. The topological polar surface area (TPSA) is 66.6 Å². The van der Waals surface area contributed by atoms with Crippen LogP contribution in [0, 0.1) is 0 Å². The number of nitrogen functional groups attached to an aromatic ring is 1. The summed E-state index contributed by atoms with van der Waals surface area (Å²) in [7, 11) is 0. The third-order valence-corrected chi connectivity index (χ3v) is 4.81. The van der Waals surface area contributed by atoms with E-state index < -0.39 is 5.97 Å². The first-order chi connectivity index (χ1) is 9.58. The molecule has 0 unspecified atom stereocenters. The number of nitrogens with two attached hydrogens (primary N) is 1. The van der Waals surface area contributed by atoms with E-state index in [-0.39, 0.29) is 6.42 Å². The molecule has 20 heavy (non-hydrogen) atoms. The number of carbonyl (C=O) groups is 1. The first-order valence-corrected chi connectivity index (χ1v) is 7.78. The zero-order chi connectivity index (χ0) is 14.5. The van der Waals surface area contributed by atoms with Crippen molar-refractivity contribution in [2.24, 2.45) is 0 Å². The van der Waals surface area contributed by atoms with E-state index in [4.69, 9.17) is 10.8 Å². The lowest BCUT2D eigenvalue weighted by atomic mass is 10.2. The summed E-state index contributed by atoms with van der Waals surface area (Å²) in [6, 6.07) is 9.51. The monoisotopic (exact) mass is 354 g/mol. The molecule has 0 aliphatic heterocycles. The lowest BCUT2D eigenvalue weighted by Crippen LogP contribution is -2.26. The number of hydrogen-bond acceptors (Lipinski definition) is 4. The van der Waals surface area contributed by atoms with Crippen molar-refractivity contribution in [3.63, 3.8) is 0 Å². The largest absolute Gasteiger partial charge is 0.481 e. The van der Waals surface area contributed by atoms with Gasteiger partial charge in [0.2, 0.25) is 0 Å². The number of hydrogen-bond donors (Lipinski definition) is 2. The van der Waals surface area contributed by atoms with Crippen LogP contribution in [0.25, 0.3) is 0 Å². The van der Waals surface area contributed by atoms with E-state index in [2.05, 4.69) is 15.9 Å². The quantitative estimate of drug-likeness (QED) is 0.778. The number of anilines is 2. The Hall–Kier alpha value is -1.53. The van der Waals surface area contributed by atoms with E-state index in [0.29, 0.717) is 18.8 Å². The Morgan fingerprint density at radius 2 is 2.10 bits per heavy atom. The highest BCUT2D eigenvalue weighted by molar-refractivity contribution is 9.10. The molecule has 0 amide bonds. The Labute approximate surface area is 130 Å². The van der Waals surface area contributed by atoms with Gasteiger partial charge in [0, 0.05) is 15.9 Å². The molecule has 0 atom stereocenters. The van der Waals surface area contributed by atoms with Crippen LogP contribution in [0.4, 0.5) is 11.4 Å². The van der Waals surface area contributed by atoms with Crippen LogP contribution < -0.4 is 10.6 Å². The number of halogens is 1. The molecule has 3 N–H and O–H groups in total. The molecule has 0 saturated heterocycles. The molecule has 0 aliphatic rings. The molecular weight excluding hydrogens is 340 g/mol. The van der Waals surface area contributed by atoms with Crippen LogP contribution in [0.1, 0.15) is 11.3 Å². The number of carboxylic acids is 1. The van der Waals surface area contributed by atoms with Crippen LogP contribution in [-0.2, 0) is 11.3 Å². The summed E-state index contributed by atoms with van der Waals surface area (Å²) < 4.78 is 1.04. The maximum atomic E-state index is 10.8. The molecule has 6 heteroatoms. The fourth-order valence-electron chi connectivity index (χ4n) is 1.90. The summed E-state index contributed by atoms with van der Waals surface area (Å²) in [6.45, 7) is 1.06. The van der Waals surface area contributed by atoms with Crippen molar-refractivity contribution < 1.29 is 9.90 Å². The maximum absolute atomic E-state index is 10.8. The molecule has 0 spiro atoms. The molecule has 0 bridgehead atoms. The van der Waals surface area contributed by atoms with Crippen LogP contribution in [0.2, 0.25) is 0 Å². The van der Waals surface area contributed by atoms with Gasteiger partial charge in [0.05, 0.1) is 24.3 Å². The summed E-state index contributed by atoms with van der Waals surface area (Å²) in [6.07, 6.45) is 0.0807. The van der Waals surface area contributed by atoms with Crippen molar-refractivity contribution in [2.45, 2.75) is 13.0 Å². The molecule has 4 nitrogen and oxygen atoms in total. The van der Waals surface area contributed by atoms with Crippen LogP contribution in [0.5, 0.6) is 0 Å². The molecule has 0 fully saturated rings. The van der Waals surface area contributed by atoms with Crippen LogP contribution in [0.15, 0.2) is 40.2 Å². The Morgan fingerprint density at radius 3 is 2.70 bits per heavy atom. The van der Waals surface area contributed by atoms with Crippen LogP contribution in [0.3, 0.4) is 0 Å². The Kier molecular flexibility index (Phi) is 5.03. The minimum Gasteiger partial charge on any atom is -0.481 e. The number of thiophene rings is 1. The average Bonchev–Trinajstić information content (AvgIpc) is 2.81. The van der Waals surface area contributed by atoms with Gasteiger partial charge in [-0.25, -0.2) is 0 Å². The van der Waals surface area contributed by atoms with Gasteiger partial charge in [-0.15, -0.1) is 11.3 Å². The fourth-order valence-corrected chi connectivity index (χ4v) is 3.39. The molecular formula is C14H15BrN2O2S. The molecule has 1 heterocycles. The Bertz CT molecular complexity index is 600. The van der Waals surface area contributed by atoms with E-state index in [0.717, 1.165) is 15.0 Å². The van der Waals surface area contributed by atoms with Gasteiger partial charge in [0.1, 0.15) is 0 Å². The van der Waals surface area contributed by atoms with Crippen molar-refractivity contribution in [2.75, 3.05) is 17.2 Å². The highest BCUT2D eigenvalue weighted by atomic mass is 79.9. The summed E-state index contributed by atoms with van der Waals surface area (Å²) in [5.74, 6) is -0.810. The highest BCUT2D eigenvalue weighted by Crippen LogP contribution is 2.29. The van der Waals surface area contributed by atoms with Gasteiger partial charge in [-0.3, -0.25) is 4.79 Å². The standard InChI is InChI=1S/C14H15BrN2O2S/c15-10-6-8-20-13(10)9-17(7-5-14(18)19)12-4-2-1-3-11(12)16/h1-4,6,8H,5,7,9,16H2,(H,18,19). The number of para-hydroxylation sites is 2. The lowest BCUT2D eigenvalue weighted by molar-refractivity contribution is -0.136. The van der Waals surface area contributed by atoms with Crippen LogP contribution in [-0.4, -0.2) is 17.6 Å². The van der Waals surface area contributed by atoms with E-state index in [1.807, 2.05) is 40.6 Å². The van der Waals surface area contributed by atoms with E-state index in [1.165, 1.54) is 0 Å². The van der Waals surface area contributed by atoms with Gasteiger partial charge in [0.15, 0.2) is 0 Å². The summed E-state index contributed by atoms with van der Waals surface area (Å²) in [5, 5.41) is 10.9. The zero-order valence-corrected chi connectivity index (χ0v) is 13.2. The second-order valence-electron chi connectivity index (χ2n) is 4.32. The van der Waals surface area contributed by atoms with Crippen molar-refractivity contribution in [3.8, 4) is 0 Å². The second-order valence-corrected chi connectivity index (χ2v) is 6.17. The van der Waals surface area contributed by atoms with E-state index in [1.54, 1.807) is 11.3 Å². The van der Waals surface area contributed by atoms with Gasteiger partial charge in [0.25, 0.3) is 0 Å². The first-order valence-electron chi connectivity index (χ1n) is 6.11. The summed E-state index contributed by atoms with van der Waals surface area (Å²) >= 11 is 5.14. The Morgan fingerprint density at radius 1 is 1.35 bits per heavy atom. The molecule has 2 rings (SSSR count). The summed E-state index contributed by atoms with van der Waals surface area (Å²) in [4.78, 5) is 14.0. The van der Waals surface area contributed by atoms with Crippen molar-refractivity contribution in [1.82, 2.24) is 0 Å². The summed E-state index contributed by atoms with van der Waals surface area (Å²) in [5.41, 5.74) is 7.52. The van der Waals surface area contributed by atoms with Gasteiger partial charge in [-0.05, 0) is 39.5 Å². The number of nitrogens with zero attached hydrogens (tertiary/aromatic N) is 1. The third kappa shape index (κ3) is 3.74. The minimum atomic E-state index is -0.810. The predicted molar refractivity (Wildman–Crippen MR) is 86.2 cm³/mol. The Balaban J connectivity index is 2.23. The van der Waals surface area contributed by atoms with E-state index in [9.17, 15) is 4.79 Å². The molecule has 1 aromatic heterocycles. The molecule has 0 radical (unpaired) electrons. The smallest absolute Gasteiger partial charge is 0.305 e. The predicted octanol–water partition coefficient (Wildman–Crippen LogP) is 3.57. The minimum absolute atomic E-state index is 0.0807. The lowest BCUT2D eigenvalue weighted by Gasteiger charge is -2.25. The van der Waals surface area contributed by atoms with Gasteiger partial charge in [-0.2, -0.15) is 0 Å². The number of carboxylic acid groups (broad SMARTS) is 1. The maximum Gasteiger partial charge on any atom is 0.305 e. The SMILES string of the molecule is Nc1ccccc1N(CCC(=O)O)Cc1sccc1Br. The zero-order valence-electron chi connectivity index (χ0n) is 10.8. The van der Waals surface area contributed by atoms with Gasteiger partial charge in [-0.1, -0.05) is 12.1 Å². The van der Waals surface area contributed by atoms with Crippen molar-refractivity contribution in [1.29, 1.82) is 0 Å². The van der Waals surface area contributed by atoms with Crippen molar-refractivity contribution in [3.05, 3.63) is 45.1 Å². The first kappa shape index (κ1) is 14.9. The highest BCUT2D eigenvalue weighted by Gasteiger charge is 2.14. The number of aliphatic carboxylic acids is 1.